The van der Waals surface area contributed by atoms with Crippen LogP contribution in [0.4, 0.5) is 11.8 Å². The first-order chi connectivity index (χ1) is 7.70. The second-order valence-electron chi connectivity index (χ2n) is 3.86. The molecule has 1 unspecified atom stereocenters. The Morgan fingerprint density at radius 3 is 3.12 bits per heavy atom. The molecule has 16 heavy (non-hydrogen) atoms. The molecular weight excluding hydrogens is 272 g/mol. The van der Waals surface area contributed by atoms with Gasteiger partial charge in [0, 0.05) is 26.3 Å². The van der Waals surface area contributed by atoms with Crippen LogP contribution in [0.2, 0.25) is 0 Å². The van der Waals surface area contributed by atoms with Crippen molar-refractivity contribution in [3.63, 3.8) is 0 Å². The van der Waals surface area contributed by atoms with E-state index in [0.29, 0.717) is 12.5 Å². The zero-order valence-electron chi connectivity index (χ0n) is 9.15. The molecule has 5 nitrogen and oxygen atoms in total. The number of aliphatic hydroxyl groups excluding tert-OH is 1. The van der Waals surface area contributed by atoms with Crippen molar-refractivity contribution in [2.24, 2.45) is 0 Å². The van der Waals surface area contributed by atoms with E-state index < -0.39 is 0 Å². The summed E-state index contributed by atoms with van der Waals surface area (Å²) in [4.78, 5) is 10.6. The van der Waals surface area contributed by atoms with E-state index in [9.17, 15) is 5.11 Å². The van der Waals surface area contributed by atoms with E-state index in [1.165, 1.54) is 0 Å². The molecule has 0 amide bonds. The quantitative estimate of drug-likeness (QED) is 0.857. The molecule has 6 heteroatoms. The van der Waals surface area contributed by atoms with Crippen molar-refractivity contribution < 1.29 is 5.11 Å². The fraction of sp³-hybridized carbons (Fsp3) is 0.600. The Balaban J connectivity index is 2.24. The number of β-amino-alcohol motifs (C(OH)–C–C–N with tert-alkyl or cyclic N) is 1. The second-order valence-corrected chi connectivity index (χ2v) is 4.71. The molecule has 2 rings (SSSR count). The van der Waals surface area contributed by atoms with E-state index in [-0.39, 0.29) is 6.10 Å². The number of piperidine rings is 1. The van der Waals surface area contributed by atoms with Gasteiger partial charge in [0.1, 0.15) is 5.82 Å². The summed E-state index contributed by atoms with van der Waals surface area (Å²) < 4.78 is 0.862. The highest BCUT2D eigenvalue weighted by atomic mass is 79.9. The Labute approximate surface area is 103 Å². The SMILES string of the molecule is CNc1ncc(Br)c(N2CCCC(O)C2)n1. The predicted molar refractivity (Wildman–Crippen MR) is 66.7 cm³/mol. The van der Waals surface area contributed by atoms with Crippen LogP contribution in [-0.4, -0.2) is 41.3 Å². The van der Waals surface area contributed by atoms with Gasteiger partial charge in [-0.05, 0) is 28.8 Å². The lowest BCUT2D eigenvalue weighted by Crippen LogP contribution is -2.39. The largest absolute Gasteiger partial charge is 0.391 e. The molecule has 1 aliphatic rings. The highest BCUT2D eigenvalue weighted by molar-refractivity contribution is 9.10. The minimum Gasteiger partial charge on any atom is -0.391 e. The number of anilines is 2. The normalized spacial score (nSPS) is 20.9. The summed E-state index contributed by atoms with van der Waals surface area (Å²) in [5, 5.41) is 12.6. The van der Waals surface area contributed by atoms with Gasteiger partial charge < -0.3 is 15.3 Å². The third kappa shape index (κ3) is 2.44. The van der Waals surface area contributed by atoms with Crippen molar-refractivity contribution in [1.29, 1.82) is 0 Å². The third-order valence-corrected chi connectivity index (χ3v) is 3.20. The number of aliphatic hydroxyl groups is 1. The maximum atomic E-state index is 9.64. The van der Waals surface area contributed by atoms with Gasteiger partial charge in [-0.3, -0.25) is 0 Å². The maximum absolute atomic E-state index is 9.64. The van der Waals surface area contributed by atoms with Gasteiger partial charge >= 0.3 is 0 Å². The Kier molecular flexibility index (Phi) is 3.60. The van der Waals surface area contributed by atoms with Crippen molar-refractivity contribution in [3.05, 3.63) is 10.7 Å². The lowest BCUT2D eigenvalue weighted by molar-refractivity contribution is 0.154. The summed E-state index contributed by atoms with van der Waals surface area (Å²) in [5.74, 6) is 1.44. The van der Waals surface area contributed by atoms with E-state index in [1.54, 1.807) is 13.2 Å². The van der Waals surface area contributed by atoms with Gasteiger partial charge in [-0.25, -0.2) is 4.98 Å². The van der Waals surface area contributed by atoms with E-state index in [4.69, 9.17) is 0 Å². The van der Waals surface area contributed by atoms with Gasteiger partial charge in [0.05, 0.1) is 10.6 Å². The molecule has 0 saturated carbocycles. The highest BCUT2D eigenvalue weighted by Gasteiger charge is 2.21. The van der Waals surface area contributed by atoms with Crippen molar-refractivity contribution in [3.8, 4) is 0 Å². The number of hydrogen-bond acceptors (Lipinski definition) is 5. The summed E-state index contributed by atoms with van der Waals surface area (Å²) in [5.41, 5.74) is 0. The number of hydrogen-bond donors (Lipinski definition) is 2. The first kappa shape index (κ1) is 11.6. The Hall–Kier alpha value is -0.880. The van der Waals surface area contributed by atoms with Crippen LogP contribution in [0, 0.1) is 0 Å². The van der Waals surface area contributed by atoms with Gasteiger partial charge in [0.25, 0.3) is 0 Å². The van der Waals surface area contributed by atoms with Gasteiger partial charge in [-0.2, -0.15) is 4.98 Å². The first-order valence-corrected chi connectivity index (χ1v) is 6.13. The predicted octanol–water partition coefficient (Wildman–Crippen LogP) is 1.24. The second kappa shape index (κ2) is 4.97. The minimum atomic E-state index is -0.256. The zero-order chi connectivity index (χ0) is 11.5. The standard InChI is InChI=1S/C10H15BrN4O/c1-12-10-13-5-8(11)9(14-10)15-4-2-3-7(16)6-15/h5,7,16H,2-4,6H2,1H3,(H,12,13,14). The number of rotatable bonds is 2. The van der Waals surface area contributed by atoms with Crippen LogP contribution in [0.25, 0.3) is 0 Å². The molecule has 0 radical (unpaired) electrons. The molecule has 0 aromatic carbocycles. The fourth-order valence-corrected chi connectivity index (χ4v) is 2.29. The summed E-state index contributed by atoms with van der Waals surface area (Å²) in [6.07, 6.45) is 3.34. The molecule has 1 atom stereocenters. The number of nitrogens with one attached hydrogen (secondary N) is 1. The van der Waals surface area contributed by atoms with E-state index in [1.807, 2.05) is 0 Å². The lowest BCUT2D eigenvalue weighted by Gasteiger charge is -2.31. The van der Waals surface area contributed by atoms with Crippen LogP contribution in [0.15, 0.2) is 10.7 Å². The summed E-state index contributed by atoms with van der Waals surface area (Å²) in [7, 11) is 1.79. The lowest BCUT2D eigenvalue weighted by atomic mass is 10.1. The average molecular weight is 287 g/mol. The Morgan fingerprint density at radius 1 is 1.62 bits per heavy atom. The van der Waals surface area contributed by atoms with Crippen LogP contribution >= 0.6 is 15.9 Å². The molecular formula is C10H15BrN4O. The number of halogens is 1. The minimum absolute atomic E-state index is 0.256. The van der Waals surface area contributed by atoms with Crippen molar-refractivity contribution >= 4 is 27.7 Å². The average Bonchev–Trinajstić information content (AvgIpc) is 2.30. The zero-order valence-corrected chi connectivity index (χ0v) is 10.7. The monoisotopic (exact) mass is 286 g/mol. The molecule has 1 aliphatic heterocycles. The van der Waals surface area contributed by atoms with Crippen molar-refractivity contribution in [1.82, 2.24) is 9.97 Å². The Morgan fingerprint density at radius 2 is 2.44 bits per heavy atom. The number of aromatic nitrogens is 2. The topological polar surface area (TPSA) is 61.3 Å². The van der Waals surface area contributed by atoms with Crippen molar-refractivity contribution in [2.45, 2.75) is 18.9 Å². The van der Waals surface area contributed by atoms with E-state index in [0.717, 1.165) is 29.7 Å². The molecule has 0 bridgehead atoms. The molecule has 2 N–H and O–H groups in total. The molecule has 0 aliphatic carbocycles. The summed E-state index contributed by atoms with van der Waals surface area (Å²) in [6, 6.07) is 0. The van der Waals surface area contributed by atoms with Crippen LogP contribution in [0.1, 0.15) is 12.8 Å². The van der Waals surface area contributed by atoms with Crippen LogP contribution in [-0.2, 0) is 0 Å². The summed E-state index contributed by atoms with van der Waals surface area (Å²) >= 11 is 3.44. The van der Waals surface area contributed by atoms with Crippen molar-refractivity contribution in [2.75, 3.05) is 30.4 Å². The maximum Gasteiger partial charge on any atom is 0.224 e. The molecule has 1 fully saturated rings. The van der Waals surface area contributed by atoms with Gasteiger partial charge in [0.2, 0.25) is 5.95 Å². The molecule has 0 spiro atoms. The molecule has 88 valence electrons. The molecule has 1 aromatic heterocycles. The van der Waals surface area contributed by atoms with Gasteiger partial charge in [0.15, 0.2) is 0 Å². The first-order valence-electron chi connectivity index (χ1n) is 5.34. The van der Waals surface area contributed by atoms with Crippen LogP contribution in [0.5, 0.6) is 0 Å². The van der Waals surface area contributed by atoms with E-state index in [2.05, 4.69) is 36.1 Å². The van der Waals surface area contributed by atoms with Gasteiger partial charge in [-0.1, -0.05) is 0 Å². The number of nitrogens with zero attached hydrogens (tertiary/aromatic N) is 3. The molecule has 1 saturated heterocycles. The third-order valence-electron chi connectivity index (χ3n) is 2.65. The smallest absolute Gasteiger partial charge is 0.224 e. The Bertz CT molecular complexity index is 374. The summed E-state index contributed by atoms with van der Waals surface area (Å²) in [6.45, 7) is 1.56. The molecule has 1 aromatic rings. The van der Waals surface area contributed by atoms with Crippen LogP contribution < -0.4 is 10.2 Å². The molecule has 2 heterocycles. The fourth-order valence-electron chi connectivity index (χ4n) is 1.85. The highest BCUT2D eigenvalue weighted by Crippen LogP contribution is 2.26. The van der Waals surface area contributed by atoms with E-state index >= 15 is 0 Å². The van der Waals surface area contributed by atoms with Gasteiger partial charge in [-0.15, -0.1) is 0 Å². The van der Waals surface area contributed by atoms with Crippen LogP contribution in [0.3, 0.4) is 0 Å².